The first kappa shape index (κ1) is 13.8. The summed E-state index contributed by atoms with van der Waals surface area (Å²) < 4.78 is 19.3. The van der Waals surface area contributed by atoms with Gasteiger partial charge >= 0.3 is 6.09 Å². The Morgan fingerprint density at radius 1 is 1.26 bits per heavy atom. The molecule has 0 radical (unpaired) electrons. The lowest BCUT2D eigenvalue weighted by Gasteiger charge is -2.28. The predicted molar refractivity (Wildman–Crippen MR) is 81.0 cm³/mol. The molecule has 0 aliphatic carbocycles. The Hall–Kier alpha value is -2.89. The molecule has 0 unspecified atom stereocenters. The average molecular weight is 312 g/mol. The highest BCUT2D eigenvalue weighted by atomic mass is 19.1. The van der Waals surface area contributed by atoms with Crippen LogP contribution in [-0.2, 0) is 0 Å². The van der Waals surface area contributed by atoms with E-state index in [1.54, 1.807) is 6.07 Å². The SMILES string of the molecule is O=C(O)N1N=C2c3cc(F)ccc3OC[C@@H]2[C@H]1c1ccccc1. The summed E-state index contributed by atoms with van der Waals surface area (Å²) >= 11 is 0. The molecule has 23 heavy (non-hydrogen) atoms. The van der Waals surface area contributed by atoms with Crippen molar-refractivity contribution in [2.75, 3.05) is 6.61 Å². The maximum absolute atomic E-state index is 13.6. The quantitative estimate of drug-likeness (QED) is 0.879. The van der Waals surface area contributed by atoms with E-state index in [1.165, 1.54) is 12.1 Å². The fraction of sp³-hybridized carbons (Fsp3) is 0.176. The van der Waals surface area contributed by atoms with Crippen molar-refractivity contribution in [1.82, 2.24) is 5.01 Å². The molecule has 5 nitrogen and oxygen atoms in total. The number of fused-ring (bicyclic) bond motifs is 3. The molecular weight excluding hydrogens is 299 g/mol. The highest BCUT2D eigenvalue weighted by Gasteiger charge is 2.45. The molecule has 6 heteroatoms. The first-order valence-corrected chi connectivity index (χ1v) is 7.23. The summed E-state index contributed by atoms with van der Waals surface area (Å²) in [6.07, 6.45) is -1.14. The van der Waals surface area contributed by atoms with E-state index in [1.807, 2.05) is 30.3 Å². The Kier molecular flexibility index (Phi) is 3.04. The van der Waals surface area contributed by atoms with Gasteiger partial charge in [0.1, 0.15) is 11.6 Å². The van der Waals surface area contributed by atoms with Gasteiger partial charge in [-0.3, -0.25) is 0 Å². The summed E-state index contributed by atoms with van der Waals surface area (Å²) in [5, 5.41) is 14.8. The van der Waals surface area contributed by atoms with Gasteiger partial charge in [0.2, 0.25) is 0 Å². The van der Waals surface area contributed by atoms with Gasteiger partial charge in [-0.25, -0.2) is 9.18 Å². The zero-order chi connectivity index (χ0) is 16.0. The van der Waals surface area contributed by atoms with Gasteiger partial charge < -0.3 is 9.84 Å². The molecular formula is C17H13FN2O3. The molecule has 4 rings (SSSR count). The van der Waals surface area contributed by atoms with Gasteiger partial charge in [0.05, 0.1) is 24.3 Å². The van der Waals surface area contributed by atoms with Crippen LogP contribution < -0.4 is 4.74 Å². The van der Waals surface area contributed by atoms with Crippen LogP contribution in [0.3, 0.4) is 0 Å². The van der Waals surface area contributed by atoms with Crippen LogP contribution in [0.2, 0.25) is 0 Å². The molecule has 1 N–H and O–H groups in total. The number of carboxylic acid groups (broad SMARTS) is 1. The van der Waals surface area contributed by atoms with E-state index < -0.39 is 18.0 Å². The van der Waals surface area contributed by atoms with Crippen molar-refractivity contribution in [3.63, 3.8) is 0 Å². The number of hydrogen-bond acceptors (Lipinski definition) is 3. The third kappa shape index (κ3) is 2.14. The first-order chi connectivity index (χ1) is 11.1. The fourth-order valence-electron chi connectivity index (χ4n) is 3.19. The zero-order valence-corrected chi connectivity index (χ0v) is 12.0. The molecule has 0 aromatic heterocycles. The Bertz CT molecular complexity index is 807. The number of amides is 1. The van der Waals surface area contributed by atoms with Crippen molar-refractivity contribution >= 4 is 11.8 Å². The van der Waals surface area contributed by atoms with Crippen LogP contribution >= 0.6 is 0 Å². The lowest BCUT2D eigenvalue weighted by Crippen LogP contribution is -2.34. The van der Waals surface area contributed by atoms with Crippen LogP contribution in [0.1, 0.15) is 17.2 Å². The van der Waals surface area contributed by atoms with Crippen molar-refractivity contribution < 1.29 is 19.0 Å². The minimum atomic E-state index is -1.14. The number of nitrogens with zero attached hydrogens (tertiary/aromatic N) is 2. The third-order valence-electron chi connectivity index (χ3n) is 4.18. The van der Waals surface area contributed by atoms with Gasteiger partial charge in [-0.1, -0.05) is 30.3 Å². The molecule has 2 heterocycles. The van der Waals surface area contributed by atoms with Gasteiger partial charge in [-0.15, -0.1) is 0 Å². The topological polar surface area (TPSA) is 62.1 Å². The Labute approximate surface area is 131 Å². The molecule has 1 amide bonds. The smallest absolute Gasteiger partial charge is 0.428 e. The van der Waals surface area contributed by atoms with Crippen molar-refractivity contribution in [2.45, 2.75) is 6.04 Å². The predicted octanol–water partition coefficient (Wildman–Crippen LogP) is 3.27. The van der Waals surface area contributed by atoms with Gasteiger partial charge in [0.15, 0.2) is 0 Å². The molecule has 0 saturated heterocycles. The third-order valence-corrected chi connectivity index (χ3v) is 4.18. The number of carbonyl (C=O) groups is 1. The molecule has 116 valence electrons. The number of ether oxygens (including phenoxy) is 1. The van der Waals surface area contributed by atoms with Crippen LogP contribution in [0.5, 0.6) is 5.75 Å². The van der Waals surface area contributed by atoms with Crippen LogP contribution in [0.15, 0.2) is 53.6 Å². The first-order valence-electron chi connectivity index (χ1n) is 7.23. The molecule has 0 fully saturated rings. The zero-order valence-electron chi connectivity index (χ0n) is 12.0. The normalized spacial score (nSPS) is 22.0. The van der Waals surface area contributed by atoms with Crippen LogP contribution in [0, 0.1) is 11.7 Å². The second kappa shape index (κ2) is 5.08. The average Bonchev–Trinajstić information content (AvgIpc) is 2.96. The van der Waals surface area contributed by atoms with Gasteiger partial charge in [0.25, 0.3) is 0 Å². The maximum atomic E-state index is 13.6. The van der Waals surface area contributed by atoms with Gasteiger partial charge in [-0.2, -0.15) is 10.1 Å². The van der Waals surface area contributed by atoms with Crippen molar-refractivity contribution in [3.05, 3.63) is 65.5 Å². The Morgan fingerprint density at radius 3 is 2.78 bits per heavy atom. The van der Waals surface area contributed by atoms with Crippen molar-refractivity contribution in [3.8, 4) is 5.75 Å². The number of hydrogen-bond donors (Lipinski definition) is 1. The summed E-state index contributed by atoms with van der Waals surface area (Å²) in [6, 6.07) is 13.0. The summed E-state index contributed by atoms with van der Waals surface area (Å²) in [5.74, 6) is -0.135. The van der Waals surface area contributed by atoms with Gasteiger partial charge in [-0.05, 0) is 23.8 Å². The molecule has 2 aliphatic heterocycles. The molecule has 0 saturated carbocycles. The van der Waals surface area contributed by atoms with Gasteiger partial charge in [0, 0.05) is 5.56 Å². The number of benzene rings is 2. The fourth-order valence-corrected chi connectivity index (χ4v) is 3.19. The lowest BCUT2D eigenvalue weighted by molar-refractivity contribution is 0.118. The van der Waals surface area contributed by atoms with E-state index in [0.29, 0.717) is 23.6 Å². The number of halogens is 1. The number of rotatable bonds is 1. The van der Waals surface area contributed by atoms with E-state index in [0.717, 1.165) is 10.6 Å². The van der Waals surface area contributed by atoms with Crippen LogP contribution in [0.4, 0.5) is 9.18 Å². The van der Waals surface area contributed by atoms with E-state index in [4.69, 9.17) is 4.74 Å². The van der Waals surface area contributed by atoms with E-state index in [-0.39, 0.29) is 5.92 Å². The summed E-state index contributed by atoms with van der Waals surface area (Å²) in [6.45, 7) is 0.306. The van der Waals surface area contributed by atoms with E-state index >= 15 is 0 Å². The molecule has 0 spiro atoms. The molecule has 2 aliphatic rings. The summed E-state index contributed by atoms with van der Waals surface area (Å²) in [7, 11) is 0. The highest BCUT2D eigenvalue weighted by molar-refractivity contribution is 6.07. The summed E-state index contributed by atoms with van der Waals surface area (Å²) in [4.78, 5) is 11.6. The minimum Gasteiger partial charge on any atom is -0.492 e. The standard InChI is InChI=1S/C17H13FN2O3/c18-11-6-7-14-12(8-11)15-13(9-23-14)16(20(19-15)17(21)22)10-4-2-1-3-5-10/h1-8,13,16H,9H2,(H,21,22)/t13-,16+/m0/s1. The van der Waals surface area contributed by atoms with E-state index in [9.17, 15) is 14.3 Å². The number of hydrazone groups is 1. The largest absolute Gasteiger partial charge is 0.492 e. The maximum Gasteiger partial charge on any atom is 0.428 e. The molecule has 2 aromatic rings. The Balaban J connectivity index is 1.83. The molecule has 0 bridgehead atoms. The van der Waals surface area contributed by atoms with Crippen molar-refractivity contribution in [2.24, 2.45) is 11.0 Å². The second-order valence-corrected chi connectivity index (χ2v) is 5.53. The Morgan fingerprint density at radius 2 is 2.04 bits per heavy atom. The lowest BCUT2D eigenvalue weighted by atomic mass is 9.86. The second-order valence-electron chi connectivity index (χ2n) is 5.53. The molecule has 2 atom stereocenters. The molecule has 2 aromatic carbocycles. The van der Waals surface area contributed by atoms with Crippen molar-refractivity contribution in [1.29, 1.82) is 0 Å². The minimum absolute atomic E-state index is 0.261. The summed E-state index contributed by atoms with van der Waals surface area (Å²) in [5.41, 5.74) is 1.91. The monoisotopic (exact) mass is 312 g/mol. The van der Waals surface area contributed by atoms with Crippen LogP contribution in [-0.4, -0.2) is 28.5 Å². The van der Waals surface area contributed by atoms with E-state index in [2.05, 4.69) is 5.10 Å². The van der Waals surface area contributed by atoms with Crippen LogP contribution in [0.25, 0.3) is 0 Å². The highest BCUT2D eigenvalue weighted by Crippen LogP contribution is 2.42.